The zero-order valence-electron chi connectivity index (χ0n) is 14.7. The van der Waals surface area contributed by atoms with E-state index in [0.717, 1.165) is 40.6 Å². The maximum Gasteiger partial charge on any atom is 1.00 e. The molecule has 1 N–H and O–H groups in total. The number of aryl methyl sites for hydroxylation is 1. The molecule has 1 saturated carbocycles. The van der Waals surface area contributed by atoms with Gasteiger partial charge in [-0.25, -0.2) is 0 Å². The molecule has 4 rings (SSSR count). The summed E-state index contributed by atoms with van der Waals surface area (Å²) in [4.78, 5) is 23.8. The monoisotopic (exact) mass is 373 g/mol. The fourth-order valence-corrected chi connectivity index (χ4v) is 3.40. The Kier molecular flexibility index (Phi) is 5.41. The van der Waals surface area contributed by atoms with Crippen molar-refractivity contribution in [2.24, 2.45) is 0 Å². The third-order valence-corrected chi connectivity index (χ3v) is 4.83. The summed E-state index contributed by atoms with van der Waals surface area (Å²) in [6.45, 7) is 1.93. The van der Waals surface area contributed by atoms with E-state index in [0.29, 0.717) is 0 Å². The fraction of sp³-hybridized carbons (Fsp3) is 0.200. The molecule has 0 spiro atoms. The quantitative estimate of drug-likeness (QED) is 0.611. The van der Waals surface area contributed by atoms with E-state index in [-0.39, 0.29) is 68.6 Å². The van der Waals surface area contributed by atoms with Gasteiger partial charge < -0.3 is 15.0 Å². The molecule has 0 unspecified atom stereocenters. The number of benzene rings is 1. The molecule has 1 aliphatic rings. The van der Waals surface area contributed by atoms with Crippen molar-refractivity contribution in [3.8, 4) is 16.9 Å². The predicted octanol–water partition coefficient (Wildman–Crippen LogP) is -0.775. The minimum atomic E-state index is -1.44. The molecule has 2 aromatic heterocycles. The van der Waals surface area contributed by atoms with E-state index in [4.69, 9.17) is 0 Å². The minimum absolute atomic E-state index is 0. The molecule has 5 nitrogen and oxygen atoms in total. The van der Waals surface area contributed by atoms with Gasteiger partial charge in [0.2, 0.25) is 0 Å². The van der Waals surface area contributed by atoms with Crippen LogP contribution < -0.4 is 62.1 Å². The molecule has 3 aromatic rings. The number of nitrogens with zero attached hydrogens (tertiary/aromatic N) is 1. The van der Waals surface area contributed by atoms with Crippen molar-refractivity contribution < 1.29 is 66.4 Å². The van der Waals surface area contributed by atoms with Crippen molar-refractivity contribution in [1.29, 1.82) is 0 Å². The van der Waals surface area contributed by atoms with Gasteiger partial charge in [-0.15, -0.1) is 0 Å². The number of phenols is 1. The molecular weight excluding hydrogens is 357 g/mol. The van der Waals surface area contributed by atoms with Gasteiger partial charge in [-0.05, 0) is 72.2 Å². The summed E-state index contributed by atoms with van der Waals surface area (Å²) in [5.74, 6) is -0.972. The number of aromatic nitrogens is 1. The minimum Gasteiger partial charge on any atom is -0.545 e. The number of fused-ring (bicyclic) bond motifs is 1. The van der Waals surface area contributed by atoms with Crippen LogP contribution in [0.25, 0.3) is 16.6 Å². The van der Waals surface area contributed by atoms with Crippen molar-refractivity contribution in [3.05, 3.63) is 69.6 Å². The zero-order chi connectivity index (χ0) is 17.7. The Morgan fingerprint density at radius 3 is 2.42 bits per heavy atom. The van der Waals surface area contributed by atoms with Crippen LogP contribution in [0.2, 0.25) is 0 Å². The number of carboxylic acid groups (broad SMARTS) is 1. The summed E-state index contributed by atoms with van der Waals surface area (Å²) in [6.07, 6.45) is 3.59. The number of aromatic hydroxyl groups is 1. The van der Waals surface area contributed by atoms with E-state index in [1.807, 2.05) is 19.1 Å². The van der Waals surface area contributed by atoms with Crippen LogP contribution in [0.5, 0.6) is 5.75 Å². The first kappa shape index (κ1) is 19.3. The van der Waals surface area contributed by atoms with Crippen LogP contribution in [0.1, 0.15) is 40.2 Å². The second kappa shape index (κ2) is 7.29. The van der Waals surface area contributed by atoms with Crippen LogP contribution in [0, 0.1) is 6.92 Å². The van der Waals surface area contributed by atoms with Gasteiger partial charge in [-0.1, -0.05) is 12.1 Å². The maximum absolute atomic E-state index is 12.5. The first-order valence-electron chi connectivity index (χ1n) is 8.17. The van der Waals surface area contributed by atoms with Crippen molar-refractivity contribution in [2.75, 3.05) is 0 Å². The van der Waals surface area contributed by atoms with E-state index in [2.05, 4.69) is 0 Å². The number of carbonyl (C=O) groups is 1. The van der Waals surface area contributed by atoms with Gasteiger partial charge in [0, 0.05) is 6.20 Å². The molecule has 0 bridgehead atoms. The van der Waals surface area contributed by atoms with E-state index in [1.54, 1.807) is 24.4 Å². The van der Waals surface area contributed by atoms with Crippen LogP contribution in [0.3, 0.4) is 0 Å². The predicted molar refractivity (Wildman–Crippen MR) is 91.8 cm³/mol. The Morgan fingerprint density at radius 1 is 1.19 bits per heavy atom. The number of rotatable bonds is 3. The van der Waals surface area contributed by atoms with Gasteiger partial charge in [0.1, 0.15) is 5.75 Å². The van der Waals surface area contributed by atoms with Gasteiger partial charge in [0.15, 0.2) is 0 Å². The Hall–Kier alpha value is -1.44. The van der Waals surface area contributed by atoms with Gasteiger partial charge in [0.25, 0.3) is 5.56 Å². The smallest absolute Gasteiger partial charge is 0.545 e. The molecule has 6 heteroatoms. The van der Waals surface area contributed by atoms with Gasteiger partial charge in [0.05, 0.1) is 17.0 Å². The van der Waals surface area contributed by atoms with Crippen molar-refractivity contribution in [3.63, 3.8) is 0 Å². The molecule has 0 atom stereocenters. The fourth-order valence-electron chi connectivity index (χ4n) is 3.40. The number of phenolic OH excluding ortho intramolecular Hbond substituents is 1. The molecule has 0 amide bonds. The number of aromatic carboxylic acids is 1. The van der Waals surface area contributed by atoms with Crippen LogP contribution in [0.15, 0.2) is 47.4 Å². The number of hydrogen-bond donors (Lipinski definition) is 1. The van der Waals surface area contributed by atoms with Gasteiger partial charge in [-0.3, -0.25) is 9.20 Å². The Bertz CT molecular complexity index is 1070. The summed E-state index contributed by atoms with van der Waals surface area (Å²) in [6, 6.07) is 10.2. The van der Waals surface area contributed by atoms with Crippen molar-refractivity contribution in [2.45, 2.75) is 25.7 Å². The third-order valence-electron chi connectivity index (χ3n) is 4.83. The van der Waals surface area contributed by atoms with Crippen molar-refractivity contribution >= 4 is 11.5 Å². The Labute approximate surface area is 192 Å². The summed E-state index contributed by atoms with van der Waals surface area (Å²) in [5, 5.41) is 20.8. The molecule has 0 aliphatic heterocycles. The SMILES string of the molecule is Cc1c(-c2ccc(O)cc2)ccn2c(=O)c(C(=O)[O-])cc(C3CC3)c12.[K+]. The zero-order valence-corrected chi connectivity index (χ0v) is 17.8. The average Bonchev–Trinajstić information content (AvgIpc) is 3.41. The molecule has 2 heterocycles. The Morgan fingerprint density at radius 2 is 1.85 bits per heavy atom. The second-order valence-corrected chi connectivity index (χ2v) is 6.50. The van der Waals surface area contributed by atoms with Crippen molar-refractivity contribution in [1.82, 2.24) is 4.40 Å². The number of pyridine rings is 2. The summed E-state index contributed by atoms with van der Waals surface area (Å²) >= 11 is 0. The number of carbonyl (C=O) groups excluding carboxylic acids is 1. The summed E-state index contributed by atoms with van der Waals surface area (Å²) < 4.78 is 1.41. The first-order chi connectivity index (χ1) is 12.0. The molecule has 1 fully saturated rings. The van der Waals surface area contributed by atoms with Gasteiger partial charge >= 0.3 is 51.4 Å². The standard InChI is InChI=1S/C20H17NO4.K/c1-11-15(12-4-6-14(22)7-5-12)8-9-21-18(11)16(13-2-3-13)10-17(19(21)23)20(24)25;/h4-10,13,22H,2-3H2,1H3,(H,24,25);/q;+1/p-1. The molecular formula is C20H16KNO4. The normalized spacial score (nSPS) is 13.4. The number of carboxylic acids is 1. The molecule has 0 saturated heterocycles. The summed E-state index contributed by atoms with van der Waals surface area (Å²) in [7, 11) is 0. The topological polar surface area (TPSA) is 81.8 Å². The van der Waals surface area contributed by atoms with Crippen LogP contribution in [-0.4, -0.2) is 15.5 Å². The largest absolute Gasteiger partial charge is 1.00 e. The number of hydrogen-bond acceptors (Lipinski definition) is 4. The van der Waals surface area contributed by atoms with E-state index in [9.17, 15) is 19.8 Å². The van der Waals surface area contributed by atoms with Crippen LogP contribution in [0.4, 0.5) is 0 Å². The average molecular weight is 373 g/mol. The van der Waals surface area contributed by atoms with E-state index >= 15 is 0 Å². The first-order valence-corrected chi connectivity index (χ1v) is 8.17. The van der Waals surface area contributed by atoms with E-state index < -0.39 is 11.5 Å². The Balaban J connectivity index is 0.00000196. The molecule has 1 aromatic carbocycles. The third kappa shape index (κ3) is 3.28. The van der Waals surface area contributed by atoms with E-state index in [1.165, 1.54) is 10.5 Å². The molecule has 126 valence electrons. The summed E-state index contributed by atoms with van der Waals surface area (Å²) in [5.41, 5.74) is 3.58. The molecule has 26 heavy (non-hydrogen) atoms. The van der Waals surface area contributed by atoms with Crippen LogP contribution >= 0.6 is 0 Å². The molecule has 1 aliphatic carbocycles. The van der Waals surface area contributed by atoms with Gasteiger partial charge in [-0.2, -0.15) is 0 Å². The molecule has 0 radical (unpaired) electrons. The second-order valence-electron chi connectivity index (χ2n) is 6.50. The van der Waals surface area contributed by atoms with Crippen LogP contribution in [-0.2, 0) is 0 Å². The maximum atomic E-state index is 12.5.